The molecule has 0 aliphatic rings. The summed E-state index contributed by atoms with van der Waals surface area (Å²) in [5.41, 5.74) is 1.12. The van der Waals surface area contributed by atoms with E-state index in [1.165, 1.54) is 11.3 Å². The highest BCUT2D eigenvalue weighted by Crippen LogP contribution is 2.16. The van der Waals surface area contributed by atoms with E-state index in [9.17, 15) is 0 Å². The minimum Gasteiger partial charge on any atom is -0.355 e. The quantitative estimate of drug-likeness (QED) is 0.529. The fourth-order valence-electron chi connectivity index (χ4n) is 2.85. The summed E-state index contributed by atoms with van der Waals surface area (Å²) >= 11 is 1.75. The zero-order valence-corrected chi connectivity index (χ0v) is 17.3. The Morgan fingerprint density at radius 2 is 1.88 bits per heavy atom. The molecule has 24 heavy (non-hydrogen) atoms. The summed E-state index contributed by atoms with van der Waals surface area (Å²) < 4.78 is 0. The summed E-state index contributed by atoms with van der Waals surface area (Å²) in [4.78, 5) is 12.7. The molecular weight excluding hydrogens is 318 g/mol. The molecule has 6 heteroatoms. The maximum absolute atomic E-state index is 4.57. The Labute approximate surface area is 152 Å². The van der Waals surface area contributed by atoms with Gasteiger partial charge >= 0.3 is 0 Å². The van der Waals surface area contributed by atoms with Crippen molar-refractivity contribution in [3.63, 3.8) is 0 Å². The van der Waals surface area contributed by atoms with Gasteiger partial charge in [0.15, 0.2) is 5.96 Å². The lowest BCUT2D eigenvalue weighted by Gasteiger charge is -2.31. The number of guanidine groups is 1. The number of aryl methyl sites for hydroxylation is 2. The van der Waals surface area contributed by atoms with Crippen LogP contribution in [0, 0.1) is 19.8 Å². The van der Waals surface area contributed by atoms with Gasteiger partial charge in [0.05, 0.1) is 12.2 Å². The fourth-order valence-corrected chi connectivity index (χ4v) is 3.73. The molecule has 1 atom stereocenters. The minimum absolute atomic E-state index is 0.530. The minimum atomic E-state index is 0.530. The third-order valence-corrected chi connectivity index (χ3v) is 5.35. The molecule has 1 unspecified atom stereocenters. The van der Waals surface area contributed by atoms with E-state index in [0.717, 1.165) is 42.8 Å². The molecule has 0 bridgehead atoms. The topological polar surface area (TPSA) is 52.5 Å². The predicted octanol–water partition coefficient (Wildman–Crippen LogP) is 3.18. The van der Waals surface area contributed by atoms with Gasteiger partial charge in [0.1, 0.15) is 5.01 Å². The molecule has 1 aromatic rings. The summed E-state index contributed by atoms with van der Waals surface area (Å²) in [6.07, 6.45) is 1.19. The number of rotatable bonds is 9. The van der Waals surface area contributed by atoms with Crippen LogP contribution in [0.25, 0.3) is 0 Å². The van der Waals surface area contributed by atoms with E-state index in [-0.39, 0.29) is 0 Å². The second kappa shape index (κ2) is 10.7. The normalized spacial score (nSPS) is 13.6. The van der Waals surface area contributed by atoms with Gasteiger partial charge in [0.2, 0.25) is 0 Å². The Kier molecular flexibility index (Phi) is 9.29. The first kappa shape index (κ1) is 20.9. The van der Waals surface area contributed by atoms with Gasteiger partial charge in [-0.05, 0) is 39.3 Å². The number of aromatic nitrogens is 1. The van der Waals surface area contributed by atoms with Gasteiger partial charge in [-0.2, -0.15) is 0 Å². The smallest absolute Gasteiger partial charge is 0.191 e. The summed E-state index contributed by atoms with van der Waals surface area (Å²) in [7, 11) is 1.82. The van der Waals surface area contributed by atoms with Crippen molar-refractivity contribution in [1.29, 1.82) is 0 Å². The molecule has 1 aromatic heterocycles. The summed E-state index contributed by atoms with van der Waals surface area (Å²) in [5.74, 6) is 1.54. The second-order valence-corrected chi connectivity index (χ2v) is 7.85. The number of likely N-dealkylation sites (N-methyl/N-ethyl adjacent to an activating group) is 1. The van der Waals surface area contributed by atoms with Crippen LogP contribution in [0.2, 0.25) is 0 Å². The highest BCUT2D eigenvalue weighted by molar-refractivity contribution is 7.11. The van der Waals surface area contributed by atoms with Gasteiger partial charge in [-0.1, -0.05) is 27.7 Å². The highest BCUT2D eigenvalue weighted by Gasteiger charge is 2.17. The Bertz CT molecular complexity index is 486. The standard InChI is InChI=1S/C18H35N5S/c1-8-23(9-2)16(10-13(3)4)11-20-18(19-7)21-12-17-22-14(5)15(6)24-17/h13,16H,8-12H2,1-7H3,(H2,19,20,21). The molecule has 0 radical (unpaired) electrons. The molecule has 0 amide bonds. The van der Waals surface area contributed by atoms with Crippen molar-refractivity contribution in [2.45, 2.75) is 60.5 Å². The van der Waals surface area contributed by atoms with E-state index in [1.807, 2.05) is 7.05 Å². The van der Waals surface area contributed by atoms with Gasteiger partial charge in [-0.15, -0.1) is 11.3 Å². The SMILES string of the molecule is CCN(CC)C(CNC(=NC)NCc1nc(C)c(C)s1)CC(C)C. The van der Waals surface area contributed by atoms with E-state index >= 15 is 0 Å². The van der Waals surface area contributed by atoms with Crippen molar-refractivity contribution in [2.75, 3.05) is 26.7 Å². The number of thiazole rings is 1. The number of hydrogen-bond donors (Lipinski definition) is 2. The number of nitrogens with zero attached hydrogens (tertiary/aromatic N) is 3. The number of hydrogen-bond acceptors (Lipinski definition) is 4. The Balaban J connectivity index is 2.56. The molecule has 0 aliphatic heterocycles. The molecule has 1 rings (SSSR count). The third-order valence-electron chi connectivity index (χ3n) is 4.28. The van der Waals surface area contributed by atoms with Gasteiger partial charge in [-0.3, -0.25) is 9.89 Å². The molecule has 5 nitrogen and oxygen atoms in total. The molecule has 2 N–H and O–H groups in total. The van der Waals surface area contributed by atoms with Crippen LogP contribution in [0.5, 0.6) is 0 Å². The average molecular weight is 354 g/mol. The van der Waals surface area contributed by atoms with Gasteiger partial charge in [0, 0.05) is 24.5 Å². The van der Waals surface area contributed by atoms with Crippen LogP contribution < -0.4 is 10.6 Å². The zero-order chi connectivity index (χ0) is 18.1. The number of aliphatic imine (C=N–C) groups is 1. The Hall–Kier alpha value is -1.14. The first-order valence-electron chi connectivity index (χ1n) is 9.02. The van der Waals surface area contributed by atoms with Gasteiger partial charge < -0.3 is 10.6 Å². The second-order valence-electron chi connectivity index (χ2n) is 6.56. The van der Waals surface area contributed by atoms with Crippen molar-refractivity contribution < 1.29 is 0 Å². The maximum Gasteiger partial charge on any atom is 0.191 e. The van der Waals surface area contributed by atoms with Crippen LogP contribution in [-0.2, 0) is 6.54 Å². The number of nitrogens with one attached hydrogen (secondary N) is 2. The van der Waals surface area contributed by atoms with E-state index in [4.69, 9.17) is 0 Å². The zero-order valence-electron chi connectivity index (χ0n) is 16.4. The maximum atomic E-state index is 4.57. The predicted molar refractivity (Wildman–Crippen MR) is 106 cm³/mol. The van der Waals surface area contributed by atoms with Crippen LogP contribution in [0.4, 0.5) is 0 Å². The molecule has 0 fully saturated rings. The molecule has 0 spiro atoms. The van der Waals surface area contributed by atoms with Crippen LogP contribution in [0.3, 0.4) is 0 Å². The fraction of sp³-hybridized carbons (Fsp3) is 0.778. The lowest BCUT2D eigenvalue weighted by Crippen LogP contribution is -2.47. The molecule has 0 aliphatic carbocycles. The first-order chi connectivity index (χ1) is 11.4. The van der Waals surface area contributed by atoms with Crippen LogP contribution in [0.15, 0.2) is 4.99 Å². The Morgan fingerprint density at radius 1 is 1.21 bits per heavy atom. The third kappa shape index (κ3) is 6.77. The van der Waals surface area contributed by atoms with Crippen molar-refractivity contribution >= 4 is 17.3 Å². The summed E-state index contributed by atoms with van der Waals surface area (Å²) in [6.45, 7) is 17.0. The first-order valence-corrected chi connectivity index (χ1v) is 9.84. The lowest BCUT2D eigenvalue weighted by molar-refractivity contribution is 0.191. The van der Waals surface area contributed by atoms with Gasteiger partial charge in [0.25, 0.3) is 0 Å². The molecule has 0 saturated carbocycles. The molecule has 138 valence electrons. The lowest BCUT2D eigenvalue weighted by atomic mass is 10.0. The van der Waals surface area contributed by atoms with Crippen LogP contribution >= 0.6 is 11.3 Å². The van der Waals surface area contributed by atoms with Crippen molar-refractivity contribution in [2.24, 2.45) is 10.9 Å². The highest BCUT2D eigenvalue weighted by atomic mass is 32.1. The molecule has 0 saturated heterocycles. The van der Waals surface area contributed by atoms with Gasteiger partial charge in [-0.25, -0.2) is 4.98 Å². The van der Waals surface area contributed by atoms with E-state index < -0.39 is 0 Å². The van der Waals surface area contributed by atoms with Crippen LogP contribution in [-0.4, -0.2) is 48.6 Å². The van der Waals surface area contributed by atoms with Crippen LogP contribution in [0.1, 0.15) is 49.7 Å². The monoisotopic (exact) mass is 353 g/mol. The molecule has 1 heterocycles. The van der Waals surface area contributed by atoms with Crippen molar-refractivity contribution in [3.8, 4) is 0 Å². The molecular formula is C18H35N5S. The van der Waals surface area contributed by atoms with Crippen molar-refractivity contribution in [3.05, 3.63) is 15.6 Å². The largest absolute Gasteiger partial charge is 0.355 e. The van der Waals surface area contributed by atoms with E-state index in [2.05, 4.69) is 67.1 Å². The average Bonchev–Trinajstić information content (AvgIpc) is 2.86. The van der Waals surface area contributed by atoms with E-state index in [1.54, 1.807) is 11.3 Å². The van der Waals surface area contributed by atoms with Crippen molar-refractivity contribution in [1.82, 2.24) is 20.5 Å². The molecule has 0 aromatic carbocycles. The Morgan fingerprint density at radius 3 is 2.33 bits per heavy atom. The summed E-state index contributed by atoms with van der Waals surface area (Å²) in [5, 5.41) is 7.97. The van der Waals surface area contributed by atoms with E-state index in [0.29, 0.717) is 12.0 Å². The summed E-state index contributed by atoms with van der Waals surface area (Å²) in [6, 6.07) is 0.530.